The fourth-order valence-electron chi connectivity index (χ4n) is 2.30. The van der Waals surface area contributed by atoms with Gasteiger partial charge in [0, 0.05) is 12.2 Å². The summed E-state index contributed by atoms with van der Waals surface area (Å²) in [6.07, 6.45) is 0. The van der Waals surface area contributed by atoms with Gasteiger partial charge in [0.1, 0.15) is 17.3 Å². The van der Waals surface area contributed by atoms with Crippen molar-refractivity contribution < 1.29 is 13.6 Å². The van der Waals surface area contributed by atoms with E-state index in [0.717, 1.165) is 5.56 Å². The third-order valence-electron chi connectivity index (χ3n) is 3.57. The van der Waals surface area contributed by atoms with E-state index < -0.39 is 11.7 Å². The summed E-state index contributed by atoms with van der Waals surface area (Å²) in [5.74, 6) is -1.06. The number of nitrogens with one attached hydrogen (secondary N) is 2. The van der Waals surface area contributed by atoms with Crippen LogP contribution in [0.15, 0.2) is 54.6 Å². The molecule has 0 fully saturated rings. The molecule has 0 aliphatic rings. The number of amides is 1. The smallest absolute Gasteiger partial charge is 0.270 e. The maximum atomic E-state index is 13.7. The molecule has 0 aliphatic carbocycles. The van der Waals surface area contributed by atoms with Crippen LogP contribution in [0.2, 0.25) is 0 Å². The highest BCUT2D eigenvalue weighted by Crippen LogP contribution is 2.17. The van der Waals surface area contributed by atoms with Gasteiger partial charge in [-0.25, -0.2) is 18.7 Å². The number of para-hydroxylation sites is 1. The molecule has 5 nitrogen and oxygen atoms in total. The zero-order chi connectivity index (χ0) is 18.5. The molecule has 7 heteroatoms. The van der Waals surface area contributed by atoms with Crippen LogP contribution in [0.25, 0.3) is 0 Å². The first-order chi connectivity index (χ1) is 12.5. The highest BCUT2D eigenvalue weighted by Gasteiger charge is 2.12. The molecule has 0 aliphatic heterocycles. The third-order valence-corrected chi connectivity index (χ3v) is 3.57. The molecule has 1 heterocycles. The van der Waals surface area contributed by atoms with Crippen molar-refractivity contribution >= 4 is 17.5 Å². The van der Waals surface area contributed by atoms with Crippen LogP contribution in [0.4, 0.5) is 20.4 Å². The molecule has 0 atom stereocenters. The van der Waals surface area contributed by atoms with Crippen LogP contribution >= 0.6 is 0 Å². The molecule has 1 amide bonds. The number of nitrogens with zero attached hydrogens (tertiary/aromatic N) is 2. The molecule has 132 valence electrons. The minimum Gasteiger partial charge on any atom is -0.347 e. The van der Waals surface area contributed by atoms with Crippen molar-refractivity contribution in [2.75, 3.05) is 5.32 Å². The van der Waals surface area contributed by atoms with Gasteiger partial charge in [0.05, 0.1) is 5.69 Å². The number of halogens is 2. The molecule has 0 radical (unpaired) electrons. The number of hydrogen-bond acceptors (Lipinski definition) is 4. The van der Waals surface area contributed by atoms with Gasteiger partial charge in [-0.15, -0.1) is 0 Å². The van der Waals surface area contributed by atoms with Crippen molar-refractivity contribution in [3.05, 3.63) is 83.2 Å². The van der Waals surface area contributed by atoms with Gasteiger partial charge in [0.2, 0.25) is 5.95 Å². The van der Waals surface area contributed by atoms with E-state index >= 15 is 0 Å². The molecular formula is C19H16F2N4O. The second kappa shape index (κ2) is 7.69. The van der Waals surface area contributed by atoms with Crippen LogP contribution in [0.1, 0.15) is 21.7 Å². The number of aromatic nitrogens is 2. The minimum absolute atomic E-state index is 0.127. The van der Waals surface area contributed by atoms with Gasteiger partial charge in [-0.3, -0.25) is 4.79 Å². The Labute approximate surface area is 149 Å². The average molecular weight is 354 g/mol. The van der Waals surface area contributed by atoms with Crippen molar-refractivity contribution in [1.29, 1.82) is 0 Å². The Balaban J connectivity index is 1.73. The van der Waals surface area contributed by atoms with Crippen molar-refractivity contribution in [2.24, 2.45) is 0 Å². The fraction of sp³-hybridized carbons (Fsp3) is 0.105. The van der Waals surface area contributed by atoms with Crippen molar-refractivity contribution in [3.63, 3.8) is 0 Å². The van der Waals surface area contributed by atoms with Gasteiger partial charge >= 0.3 is 0 Å². The zero-order valence-corrected chi connectivity index (χ0v) is 14.0. The predicted molar refractivity (Wildman–Crippen MR) is 94.0 cm³/mol. The number of benzene rings is 2. The molecule has 0 saturated heterocycles. The molecule has 3 aromatic rings. The quantitative estimate of drug-likeness (QED) is 0.733. The maximum Gasteiger partial charge on any atom is 0.270 e. The summed E-state index contributed by atoms with van der Waals surface area (Å²) in [4.78, 5) is 20.6. The Morgan fingerprint density at radius 1 is 1.04 bits per heavy atom. The SMILES string of the molecule is Cc1cc(C(=O)NCc2ccc(F)cc2)nc(Nc2ccccc2F)n1. The van der Waals surface area contributed by atoms with Gasteiger partial charge in [0.25, 0.3) is 5.91 Å². The summed E-state index contributed by atoms with van der Waals surface area (Å²) in [6, 6.07) is 13.5. The van der Waals surface area contributed by atoms with Gasteiger partial charge < -0.3 is 10.6 Å². The van der Waals surface area contributed by atoms with Gasteiger partial charge in [-0.05, 0) is 42.8 Å². The van der Waals surface area contributed by atoms with E-state index in [1.54, 1.807) is 37.3 Å². The number of carbonyl (C=O) groups excluding carboxylic acids is 1. The van der Waals surface area contributed by atoms with Crippen molar-refractivity contribution in [2.45, 2.75) is 13.5 Å². The number of anilines is 2. The van der Waals surface area contributed by atoms with Gasteiger partial charge in [-0.1, -0.05) is 24.3 Å². The first-order valence-electron chi connectivity index (χ1n) is 7.91. The highest BCUT2D eigenvalue weighted by atomic mass is 19.1. The van der Waals surface area contributed by atoms with E-state index in [9.17, 15) is 13.6 Å². The normalized spacial score (nSPS) is 10.4. The molecule has 3 rings (SSSR count). The number of aryl methyl sites for hydroxylation is 1. The van der Waals surface area contributed by atoms with Crippen molar-refractivity contribution in [1.82, 2.24) is 15.3 Å². The molecule has 0 saturated carbocycles. The summed E-state index contributed by atoms with van der Waals surface area (Å²) in [5, 5.41) is 5.48. The van der Waals surface area contributed by atoms with E-state index in [1.807, 2.05) is 0 Å². The lowest BCUT2D eigenvalue weighted by Crippen LogP contribution is -2.24. The number of carbonyl (C=O) groups is 1. The molecule has 1 aromatic heterocycles. The van der Waals surface area contributed by atoms with Crippen LogP contribution in [-0.4, -0.2) is 15.9 Å². The molecule has 0 bridgehead atoms. The largest absolute Gasteiger partial charge is 0.347 e. The predicted octanol–water partition coefficient (Wildman–Crippen LogP) is 3.74. The lowest BCUT2D eigenvalue weighted by atomic mass is 10.2. The van der Waals surface area contributed by atoms with E-state index in [-0.39, 0.29) is 29.7 Å². The van der Waals surface area contributed by atoms with E-state index in [4.69, 9.17) is 0 Å². The standard InChI is InChI=1S/C19H16F2N4O/c1-12-10-17(18(26)22-11-13-6-8-14(20)9-7-13)25-19(23-12)24-16-5-3-2-4-15(16)21/h2-10H,11H2,1H3,(H,22,26)(H,23,24,25). The van der Waals surface area contributed by atoms with Crippen molar-refractivity contribution in [3.8, 4) is 0 Å². The molecule has 2 N–H and O–H groups in total. The first-order valence-corrected chi connectivity index (χ1v) is 7.91. The summed E-state index contributed by atoms with van der Waals surface area (Å²) in [7, 11) is 0. The van der Waals surface area contributed by atoms with Crippen LogP contribution < -0.4 is 10.6 Å². The van der Waals surface area contributed by atoms with Crippen LogP contribution in [-0.2, 0) is 6.54 Å². The molecule has 0 spiro atoms. The summed E-state index contributed by atoms with van der Waals surface area (Å²) in [6.45, 7) is 1.95. The lowest BCUT2D eigenvalue weighted by Gasteiger charge is -2.09. The minimum atomic E-state index is -0.445. The summed E-state index contributed by atoms with van der Waals surface area (Å²) >= 11 is 0. The molecule has 0 unspecified atom stereocenters. The van der Waals surface area contributed by atoms with Crippen LogP contribution in [0.3, 0.4) is 0 Å². The van der Waals surface area contributed by atoms with Crippen LogP contribution in [0, 0.1) is 18.6 Å². The van der Waals surface area contributed by atoms with E-state index in [2.05, 4.69) is 20.6 Å². The van der Waals surface area contributed by atoms with E-state index in [1.165, 1.54) is 24.3 Å². The monoisotopic (exact) mass is 354 g/mol. The second-order valence-electron chi connectivity index (χ2n) is 5.63. The molecule has 26 heavy (non-hydrogen) atoms. The Morgan fingerprint density at radius 2 is 1.77 bits per heavy atom. The Morgan fingerprint density at radius 3 is 2.50 bits per heavy atom. The summed E-state index contributed by atoms with van der Waals surface area (Å²) in [5.41, 5.74) is 1.69. The molecule has 2 aromatic carbocycles. The average Bonchev–Trinajstić information content (AvgIpc) is 2.62. The van der Waals surface area contributed by atoms with Gasteiger partial charge in [0.15, 0.2) is 0 Å². The number of rotatable bonds is 5. The Kier molecular flexibility index (Phi) is 5.17. The highest BCUT2D eigenvalue weighted by molar-refractivity contribution is 5.92. The van der Waals surface area contributed by atoms with Gasteiger partial charge in [-0.2, -0.15) is 0 Å². The molecular weight excluding hydrogens is 338 g/mol. The Bertz CT molecular complexity index is 929. The summed E-state index contributed by atoms with van der Waals surface area (Å²) < 4.78 is 26.7. The first kappa shape index (κ1) is 17.5. The second-order valence-corrected chi connectivity index (χ2v) is 5.63. The topological polar surface area (TPSA) is 66.9 Å². The third kappa shape index (κ3) is 4.38. The Hall–Kier alpha value is -3.35. The maximum absolute atomic E-state index is 13.7. The number of hydrogen-bond donors (Lipinski definition) is 2. The zero-order valence-electron chi connectivity index (χ0n) is 14.0. The van der Waals surface area contributed by atoms with Crippen LogP contribution in [0.5, 0.6) is 0 Å². The lowest BCUT2D eigenvalue weighted by molar-refractivity contribution is 0.0945. The van der Waals surface area contributed by atoms with E-state index in [0.29, 0.717) is 5.69 Å². The fourth-order valence-corrected chi connectivity index (χ4v) is 2.30.